The van der Waals surface area contributed by atoms with E-state index in [1.807, 2.05) is 23.1 Å². The van der Waals surface area contributed by atoms with Crippen molar-refractivity contribution in [2.45, 2.75) is 55.4 Å². The molecule has 0 spiro atoms. The molecule has 2 bridgehead atoms. The van der Waals surface area contributed by atoms with Gasteiger partial charge in [0, 0.05) is 29.6 Å². The number of methoxy groups -OCH3 is 1. The van der Waals surface area contributed by atoms with E-state index in [0.717, 1.165) is 26.9 Å². The van der Waals surface area contributed by atoms with E-state index in [0.29, 0.717) is 38.0 Å². The quantitative estimate of drug-likeness (QED) is 0.472. The van der Waals surface area contributed by atoms with Gasteiger partial charge in [-0.15, -0.1) is 11.8 Å². The van der Waals surface area contributed by atoms with E-state index in [2.05, 4.69) is 5.32 Å². The van der Waals surface area contributed by atoms with Gasteiger partial charge in [0.05, 0.1) is 30.5 Å². The molecule has 4 fully saturated rings. The number of anilines is 2. The van der Waals surface area contributed by atoms with Gasteiger partial charge in [-0.2, -0.15) is 4.39 Å². The molecule has 39 heavy (non-hydrogen) atoms. The summed E-state index contributed by atoms with van der Waals surface area (Å²) in [4.78, 5) is 41.4. The molecular formula is C26H24F2N4O6S. The van der Waals surface area contributed by atoms with Crippen LogP contribution < -0.4 is 26.2 Å². The van der Waals surface area contributed by atoms with Crippen molar-refractivity contribution < 1.29 is 27.8 Å². The number of carbonyl (C=O) groups excluding carboxylic acids is 1. The van der Waals surface area contributed by atoms with E-state index in [4.69, 9.17) is 14.2 Å². The number of amides is 1. The van der Waals surface area contributed by atoms with E-state index in [9.17, 15) is 23.2 Å². The molecule has 10 nitrogen and oxygen atoms in total. The largest absolute Gasteiger partial charge is 0.491 e. The molecule has 0 unspecified atom stereocenters. The predicted molar refractivity (Wildman–Crippen MR) is 138 cm³/mol. The molecule has 1 amide bonds. The lowest BCUT2D eigenvalue weighted by Crippen LogP contribution is -2.48. The molecule has 8 rings (SSSR count). The highest BCUT2D eigenvalue weighted by atomic mass is 32.2. The van der Waals surface area contributed by atoms with Crippen LogP contribution in [0.4, 0.5) is 20.2 Å². The molecule has 4 aliphatic heterocycles. The maximum absolute atomic E-state index is 14.5. The van der Waals surface area contributed by atoms with Gasteiger partial charge in [0.2, 0.25) is 18.1 Å². The summed E-state index contributed by atoms with van der Waals surface area (Å²) < 4.78 is 48.3. The second kappa shape index (κ2) is 8.80. The highest BCUT2D eigenvalue weighted by molar-refractivity contribution is 8.00. The molecule has 3 saturated heterocycles. The topological polar surface area (TPSA) is 104 Å². The number of halogens is 2. The molecule has 3 aromatic rings. The lowest BCUT2D eigenvalue weighted by atomic mass is 10.1. The number of carbonyl (C=O) groups is 1. The maximum atomic E-state index is 14.5. The number of hydrogen-bond donors (Lipinski definition) is 1. The molecule has 0 atom stereocenters. The van der Waals surface area contributed by atoms with Gasteiger partial charge in [-0.25, -0.2) is 9.18 Å². The minimum atomic E-state index is -1.23. The van der Waals surface area contributed by atoms with Gasteiger partial charge in [0.1, 0.15) is 5.52 Å². The van der Waals surface area contributed by atoms with Crippen molar-refractivity contribution in [3.63, 3.8) is 0 Å². The summed E-state index contributed by atoms with van der Waals surface area (Å²) >= 11 is 1.49. The van der Waals surface area contributed by atoms with Crippen molar-refractivity contribution in [1.29, 1.82) is 0 Å². The van der Waals surface area contributed by atoms with Crippen LogP contribution in [0.5, 0.6) is 5.75 Å². The van der Waals surface area contributed by atoms with Gasteiger partial charge >= 0.3 is 5.69 Å². The fraction of sp³-hybridized carbons (Fsp3) is 0.423. The van der Waals surface area contributed by atoms with Gasteiger partial charge < -0.3 is 24.4 Å². The predicted octanol–water partition coefficient (Wildman–Crippen LogP) is 3.16. The van der Waals surface area contributed by atoms with Crippen LogP contribution in [0, 0.1) is 11.6 Å². The molecule has 1 N–H and O–H groups in total. The molecule has 2 aromatic carbocycles. The number of nitrogens with zero attached hydrogens (tertiary/aromatic N) is 3. The van der Waals surface area contributed by atoms with Crippen LogP contribution in [0.2, 0.25) is 0 Å². The number of aromatic nitrogens is 2. The summed E-state index contributed by atoms with van der Waals surface area (Å²) in [7, 11) is 1.18. The minimum Gasteiger partial charge on any atom is -0.491 e. The molecule has 0 radical (unpaired) electrons. The zero-order valence-corrected chi connectivity index (χ0v) is 21.7. The van der Waals surface area contributed by atoms with Crippen LogP contribution in [0.25, 0.3) is 10.9 Å². The highest BCUT2D eigenvalue weighted by Crippen LogP contribution is 2.47. The van der Waals surface area contributed by atoms with E-state index >= 15 is 0 Å². The smallest absolute Gasteiger partial charge is 0.331 e. The fourth-order valence-corrected chi connectivity index (χ4v) is 6.38. The Morgan fingerprint density at radius 3 is 2.72 bits per heavy atom. The summed E-state index contributed by atoms with van der Waals surface area (Å²) in [5.41, 5.74) is 0.317. The summed E-state index contributed by atoms with van der Waals surface area (Å²) in [6.45, 7) is 0.501. The van der Waals surface area contributed by atoms with Crippen LogP contribution in [0.15, 0.2) is 38.8 Å². The monoisotopic (exact) mass is 558 g/mol. The highest BCUT2D eigenvalue weighted by Gasteiger charge is 2.58. The molecule has 1 aromatic heterocycles. The van der Waals surface area contributed by atoms with Crippen molar-refractivity contribution >= 4 is 39.9 Å². The van der Waals surface area contributed by atoms with Crippen molar-refractivity contribution in [2.24, 2.45) is 0 Å². The number of rotatable bonds is 7. The third-order valence-corrected chi connectivity index (χ3v) is 8.66. The van der Waals surface area contributed by atoms with Crippen molar-refractivity contribution in [3.05, 3.63) is 56.7 Å². The van der Waals surface area contributed by atoms with E-state index in [1.165, 1.54) is 23.4 Å². The van der Waals surface area contributed by atoms with E-state index < -0.39 is 40.8 Å². The molecule has 5 heterocycles. The van der Waals surface area contributed by atoms with Gasteiger partial charge in [-0.3, -0.25) is 18.7 Å². The van der Waals surface area contributed by atoms with Crippen molar-refractivity contribution in [1.82, 2.24) is 9.13 Å². The Bertz CT molecular complexity index is 1660. The van der Waals surface area contributed by atoms with Gasteiger partial charge in [-0.1, -0.05) is 0 Å². The third-order valence-electron chi connectivity index (χ3n) is 7.58. The van der Waals surface area contributed by atoms with Crippen LogP contribution in [0.3, 0.4) is 0 Å². The second-order valence-corrected chi connectivity index (χ2v) is 11.2. The van der Waals surface area contributed by atoms with Crippen molar-refractivity contribution in [2.75, 3.05) is 29.6 Å². The van der Waals surface area contributed by atoms with Crippen LogP contribution >= 0.6 is 11.8 Å². The molecule has 1 aliphatic carbocycles. The first-order valence-electron chi connectivity index (χ1n) is 12.7. The van der Waals surface area contributed by atoms with Gasteiger partial charge in [-0.05, 0) is 43.5 Å². The third kappa shape index (κ3) is 3.85. The molecule has 1 saturated carbocycles. The lowest BCUT2D eigenvalue weighted by Gasteiger charge is -2.37. The number of fused-ring (bicyclic) bond motifs is 3. The van der Waals surface area contributed by atoms with Crippen LogP contribution in [-0.4, -0.2) is 46.6 Å². The summed E-state index contributed by atoms with van der Waals surface area (Å²) in [6.07, 6.45) is 1.62. The van der Waals surface area contributed by atoms with Crippen LogP contribution in [-0.2, 0) is 20.8 Å². The Morgan fingerprint density at radius 2 is 1.97 bits per heavy atom. The average Bonchev–Trinajstić information content (AvgIpc) is 3.58. The first-order chi connectivity index (χ1) is 18.8. The number of thioether (sulfide) groups is 1. The SMILES string of the molecule is COc1c(F)c(F)cc2c(=O)n(CCCC34CN(c5ccc6c(c5)NC(=O)CS6)C(O3)O4)c(=O)n(C3CC3)c12. The number of hydrogen-bond acceptors (Lipinski definition) is 8. The number of nitrogens with one attached hydrogen (secondary N) is 1. The Kier molecular flexibility index (Phi) is 5.55. The summed E-state index contributed by atoms with van der Waals surface area (Å²) in [6, 6.07) is 6.44. The van der Waals surface area contributed by atoms with Gasteiger partial charge in [0.15, 0.2) is 17.4 Å². The fourth-order valence-electron chi connectivity index (χ4n) is 5.59. The summed E-state index contributed by atoms with van der Waals surface area (Å²) in [5, 5.41) is 2.78. The average molecular weight is 559 g/mol. The van der Waals surface area contributed by atoms with Crippen LogP contribution in [0.1, 0.15) is 31.7 Å². The van der Waals surface area contributed by atoms with Gasteiger partial charge in [0.25, 0.3) is 5.56 Å². The standard InChI is InChI=1S/C26H24F2N4O6S/c1-36-22-20(28)16(27)10-15-21(22)32(13-3-4-13)24(35)30(23(15)34)8-2-7-26-12-31(25(37-26)38-26)14-5-6-18-17(9-14)29-19(33)11-39-18/h5-6,9-10,13,25H,2-4,7-8,11-12H2,1H3,(H,29,33). The van der Waals surface area contributed by atoms with Crippen molar-refractivity contribution in [3.8, 4) is 5.75 Å². The Morgan fingerprint density at radius 1 is 1.18 bits per heavy atom. The Hall–Kier alpha value is -3.42. The first kappa shape index (κ1) is 24.6. The normalized spacial score (nSPS) is 23.5. The zero-order valence-electron chi connectivity index (χ0n) is 20.9. The number of ether oxygens (including phenoxy) is 3. The number of benzene rings is 2. The Balaban J connectivity index is 1.12. The lowest BCUT2D eigenvalue weighted by molar-refractivity contribution is -0.406. The second-order valence-electron chi connectivity index (χ2n) is 10.1. The first-order valence-corrected chi connectivity index (χ1v) is 13.7. The molecule has 5 aliphatic rings. The minimum absolute atomic E-state index is 0.0108. The molecule has 13 heteroatoms. The Labute approximate surface area is 224 Å². The summed E-state index contributed by atoms with van der Waals surface area (Å²) in [5.74, 6) is -3.42. The molecular weight excluding hydrogens is 534 g/mol. The van der Waals surface area contributed by atoms with E-state index in [1.54, 1.807) is 0 Å². The molecule has 204 valence electrons. The zero-order chi connectivity index (χ0) is 27.1. The maximum Gasteiger partial charge on any atom is 0.331 e. The van der Waals surface area contributed by atoms with E-state index in [-0.39, 0.29) is 29.4 Å².